The third kappa shape index (κ3) is 4.63. The molecule has 1 aliphatic rings. The summed E-state index contributed by atoms with van der Waals surface area (Å²) in [6.07, 6.45) is 7.94. The molecule has 2 heterocycles. The van der Waals surface area contributed by atoms with Gasteiger partial charge in [0.05, 0.1) is 12.9 Å². The number of likely N-dealkylation sites (tertiary alicyclic amines) is 1. The maximum absolute atomic E-state index is 13.1. The van der Waals surface area contributed by atoms with Gasteiger partial charge in [0.15, 0.2) is 0 Å². The number of benzene rings is 2. The van der Waals surface area contributed by atoms with Crippen LogP contribution >= 0.6 is 15.9 Å². The Morgan fingerprint density at radius 1 is 1.25 bits per heavy atom. The molecular formula is C27H30BrNO3. The first-order valence-electron chi connectivity index (χ1n) is 11.4. The van der Waals surface area contributed by atoms with Crippen LogP contribution in [0.1, 0.15) is 52.0 Å². The van der Waals surface area contributed by atoms with E-state index in [0.29, 0.717) is 12.6 Å². The van der Waals surface area contributed by atoms with Crippen molar-refractivity contribution in [2.75, 3.05) is 13.2 Å². The molecule has 4 rings (SSSR count). The van der Waals surface area contributed by atoms with Gasteiger partial charge in [-0.15, -0.1) is 0 Å². The summed E-state index contributed by atoms with van der Waals surface area (Å²) in [6.45, 7) is 7.50. The lowest BCUT2D eigenvalue weighted by atomic mass is 9.98. The van der Waals surface area contributed by atoms with Crippen LogP contribution in [0.3, 0.4) is 0 Å². The summed E-state index contributed by atoms with van der Waals surface area (Å²) in [5, 5.41) is 1.01. The van der Waals surface area contributed by atoms with Gasteiger partial charge < -0.3 is 14.1 Å². The Kier molecular flexibility index (Phi) is 7.04. The van der Waals surface area contributed by atoms with E-state index in [2.05, 4.69) is 41.1 Å². The SMILES string of the molecule is CCOc1cc2occ(-c3cccc(Br)c3)c2cc1/C(C)=C/C(=O)N1CCCCC1CC. The van der Waals surface area contributed by atoms with Crippen LogP contribution in [0.25, 0.3) is 27.7 Å². The van der Waals surface area contributed by atoms with Crippen molar-refractivity contribution >= 4 is 38.4 Å². The minimum atomic E-state index is 0.0935. The molecule has 32 heavy (non-hydrogen) atoms. The summed E-state index contributed by atoms with van der Waals surface area (Å²) in [6, 6.07) is 12.5. The standard InChI is InChI=1S/C27H30BrNO3/c1-4-21-11-6-7-12-29(21)27(30)13-18(3)22-15-23-24(19-9-8-10-20(28)14-19)17-32-26(23)16-25(22)31-5-2/h8-10,13-17,21H,4-7,11-12H2,1-3H3/b18-13+. The fraction of sp³-hybridized carbons (Fsp3) is 0.370. The van der Waals surface area contributed by atoms with Crippen molar-refractivity contribution in [3.05, 3.63) is 58.8 Å². The monoisotopic (exact) mass is 495 g/mol. The number of halogens is 1. The van der Waals surface area contributed by atoms with Gasteiger partial charge in [-0.1, -0.05) is 35.0 Å². The molecule has 1 unspecified atom stereocenters. The summed E-state index contributed by atoms with van der Waals surface area (Å²) in [4.78, 5) is 15.2. The second kappa shape index (κ2) is 9.95. The zero-order valence-electron chi connectivity index (χ0n) is 19.0. The van der Waals surface area contributed by atoms with E-state index in [1.807, 2.05) is 36.9 Å². The Labute approximate surface area is 198 Å². The molecule has 1 atom stereocenters. The van der Waals surface area contributed by atoms with Crippen LogP contribution in [0, 0.1) is 0 Å². The van der Waals surface area contributed by atoms with Crippen molar-refractivity contribution < 1.29 is 13.9 Å². The predicted molar refractivity (Wildman–Crippen MR) is 134 cm³/mol. The van der Waals surface area contributed by atoms with Crippen molar-refractivity contribution in [3.8, 4) is 16.9 Å². The van der Waals surface area contributed by atoms with Crippen molar-refractivity contribution in [3.63, 3.8) is 0 Å². The number of fused-ring (bicyclic) bond motifs is 1. The first kappa shape index (κ1) is 22.7. The van der Waals surface area contributed by atoms with Crippen molar-refractivity contribution in [2.45, 2.75) is 52.5 Å². The number of hydrogen-bond acceptors (Lipinski definition) is 3. The molecular weight excluding hydrogens is 466 g/mol. The maximum Gasteiger partial charge on any atom is 0.247 e. The van der Waals surface area contributed by atoms with Crippen molar-refractivity contribution in [2.24, 2.45) is 0 Å². The van der Waals surface area contributed by atoms with E-state index < -0.39 is 0 Å². The molecule has 2 aromatic carbocycles. The van der Waals surface area contributed by atoms with E-state index in [4.69, 9.17) is 9.15 Å². The molecule has 0 spiro atoms. The number of nitrogens with zero attached hydrogens (tertiary/aromatic N) is 1. The van der Waals surface area contributed by atoms with E-state index in [0.717, 1.165) is 69.3 Å². The van der Waals surface area contributed by atoms with E-state index in [1.165, 1.54) is 6.42 Å². The number of hydrogen-bond donors (Lipinski definition) is 0. The molecule has 1 amide bonds. The fourth-order valence-electron chi connectivity index (χ4n) is 4.58. The van der Waals surface area contributed by atoms with Gasteiger partial charge in [-0.05, 0) is 68.9 Å². The second-order valence-electron chi connectivity index (χ2n) is 8.35. The highest BCUT2D eigenvalue weighted by Crippen LogP contribution is 2.38. The molecule has 1 saturated heterocycles. The van der Waals surface area contributed by atoms with Crippen LogP contribution in [0.4, 0.5) is 0 Å². The van der Waals surface area contributed by atoms with E-state index >= 15 is 0 Å². The molecule has 1 aliphatic heterocycles. The van der Waals surface area contributed by atoms with Gasteiger partial charge >= 0.3 is 0 Å². The molecule has 1 fully saturated rings. The van der Waals surface area contributed by atoms with Crippen molar-refractivity contribution in [1.82, 2.24) is 4.90 Å². The van der Waals surface area contributed by atoms with E-state index in [-0.39, 0.29) is 5.91 Å². The van der Waals surface area contributed by atoms with Crippen LogP contribution < -0.4 is 4.74 Å². The Morgan fingerprint density at radius 2 is 2.09 bits per heavy atom. The Balaban J connectivity index is 1.75. The minimum absolute atomic E-state index is 0.0935. The molecule has 0 saturated carbocycles. The number of ether oxygens (including phenoxy) is 1. The fourth-order valence-corrected chi connectivity index (χ4v) is 4.98. The van der Waals surface area contributed by atoms with Gasteiger partial charge in [0.2, 0.25) is 5.91 Å². The van der Waals surface area contributed by atoms with Crippen molar-refractivity contribution in [1.29, 1.82) is 0 Å². The van der Waals surface area contributed by atoms with E-state index in [1.54, 1.807) is 12.3 Å². The van der Waals surface area contributed by atoms with Gasteiger partial charge in [-0.3, -0.25) is 4.79 Å². The lowest BCUT2D eigenvalue weighted by molar-refractivity contribution is -0.129. The molecule has 0 N–H and O–H groups in total. The molecule has 0 bridgehead atoms. The molecule has 1 aromatic heterocycles. The van der Waals surface area contributed by atoms with Crippen LogP contribution in [0.5, 0.6) is 5.75 Å². The molecule has 0 aliphatic carbocycles. The third-order valence-corrected chi connectivity index (χ3v) is 6.75. The molecule has 168 valence electrons. The Morgan fingerprint density at radius 3 is 2.84 bits per heavy atom. The summed E-state index contributed by atoms with van der Waals surface area (Å²) in [5.41, 5.74) is 4.70. The number of amides is 1. The van der Waals surface area contributed by atoms with Crippen LogP contribution in [0.2, 0.25) is 0 Å². The van der Waals surface area contributed by atoms with Gasteiger partial charge in [-0.25, -0.2) is 0 Å². The first-order valence-corrected chi connectivity index (χ1v) is 12.2. The highest BCUT2D eigenvalue weighted by Gasteiger charge is 2.24. The average molecular weight is 496 g/mol. The Bertz CT molecular complexity index is 1150. The molecule has 0 radical (unpaired) electrons. The zero-order chi connectivity index (χ0) is 22.7. The summed E-state index contributed by atoms with van der Waals surface area (Å²) >= 11 is 3.56. The van der Waals surface area contributed by atoms with Crippen LogP contribution in [-0.4, -0.2) is 30.0 Å². The van der Waals surface area contributed by atoms with Gasteiger partial charge in [0, 0.05) is 45.7 Å². The van der Waals surface area contributed by atoms with Gasteiger partial charge in [0.1, 0.15) is 11.3 Å². The lowest BCUT2D eigenvalue weighted by Gasteiger charge is -2.34. The minimum Gasteiger partial charge on any atom is -0.493 e. The predicted octanol–water partition coefficient (Wildman–Crippen LogP) is 7.46. The van der Waals surface area contributed by atoms with E-state index in [9.17, 15) is 4.79 Å². The second-order valence-corrected chi connectivity index (χ2v) is 9.27. The lowest BCUT2D eigenvalue weighted by Crippen LogP contribution is -2.42. The first-order chi connectivity index (χ1) is 15.5. The maximum atomic E-state index is 13.1. The molecule has 5 heteroatoms. The zero-order valence-corrected chi connectivity index (χ0v) is 20.6. The number of carbonyl (C=O) groups excluding carboxylic acids is 1. The van der Waals surface area contributed by atoms with Gasteiger partial charge in [0.25, 0.3) is 0 Å². The number of furan rings is 1. The third-order valence-electron chi connectivity index (χ3n) is 6.26. The van der Waals surface area contributed by atoms with Crippen LogP contribution in [0.15, 0.2) is 57.6 Å². The topological polar surface area (TPSA) is 42.7 Å². The number of allylic oxidation sites excluding steroid dienone is 1. The quantitative estimate of drug-likeness (QED) is 0.333. The summed E-state index contributed by atoms with van der Waals surface area (Å²) in [5.74, 6) is 0.832. The normalized spacial score (nSPS) is 17.1. The number of carbonyl (C=O) groups is 1. The molecule has 3 aromatic rings. The highest BCUT2D eigenvalue weighted by molar-refractivity contribution is 9.10. The smallest absolute Gasteiger partial charge is 0.247 e. The largest absolute Gasteiger partial charge is 0.493 e. The average Bonchev–Trinajstić information content (AvgIpc) is 3.21. The molecule has 4 nitrogen and oxygen atoms in total. The van der Waals surface area contributed by atoms with Gasteiger partial charge in [-0.2, -0.15) is 0 Å². The number of rotatable bonds is 6. The Hall–Kier alpha value is -2.53. The summed E-state index contributed by atoms with van der Waals surface area (Å²) < 4.78 is 12.8. The number of piperidine rings is 1. The highest BCUT2D eigenvalue weighted by atomic mass is 79.9. The van der Waals surface area contributed by atoms with Crippen LogP contribution in [-0.2, 0) is 4.79 Å². The summed E-state index contributed by atoms with van der Waals surface area (Å²) in [7, 11) is 0.